The molecular weight excluding hydrogens is 538 g/mol. The van der Waals surface area contributed by atoms with Crippen molar-refractivity contribution in [2.45, 2.75) is 64.1 Å². The van der Waals surface area contributed by atoms with Crippen LogP contribution in [0.1, 0.15) is 61.4 Å². The van der Waals surface area contributed by atoms with E-state index >= 15 is 0 Å². The van der Waals surface area contributed by atoms with Crippen molar-refractivity contribution in [3.05, 3.63) is 77.1 Å². The smallest absolute Gasteiger partial charge is 0.410 e. The summed E-state index contributed by atoms with van der Waals surface area (Å²) < 4.78 is 5.14. The van der Waals surface area contributed by atoms with Gasteiger partial charge in [0, 0.05) is 38.4 Å². The Morgan fingerprint density at radius 2 is 1.83 bits per heavy atom. The topological polar surface area (TPSA) is 101 Å². The summed E-state index contributed by atoms with van der Waals surface area (Å²) in [5.74, 6) is -0.258. The van der Waals surface area contributed by atoms with Crippen LogP contribution in [-0.2, 0) is 11.3 Å². The Balaban J connectivity index is 1.62. The van der Waals surface area contributed by atoms with Crippen molar-refractivity contribution < 1.29 is 14.3 Å². The van der Waals surface area contributed by atoms with Crippen LogP contribution >= 0.6 is 11.6 Å². The summed E-state index contributed by atoms with van der Waals surface area (Å²) >= 11 is 5.92. The molecular formula is C32H40ClN5O3. The molecule has 4 rings (SSSR count). The first-order valence-electron chi connectivity index (χ1n) is 14.3. The standard InChI is InChI=1S/C32H40ClN5O3/c1-4-5-17-37(2)29-15-9-24(19-28(29)36-31(39)25-10-16-30(33)35-20-25)23-8-6-7-22(18-23)21-38(32(40)41-3)27-13-11-26(34)12-14-27/h6-10,15-16,18-20,26-27H,4-5,11-14,17,21,34H2,1-3H3,(H,36,39). The Morgan fingerprint density at radius 3 is 2.51 bits per heavy atom. The molecule has 0 aliphatic heterocycles. The zero-order valence-electron chi connectivity index (χ0n) is 24.1. The molecule has 0 radical (unpaired) electrons. The Morgan fingerprint density at radius 1 is 1.07 bits per heavy atom. The minimum absolute atomic E-state index is 0.105. The first-order chi connectivity index (χ1) is 19.8. The molecule has 218 valence electrons. The molecule has 2 amide bonds. The molecule has 1 aliphatic carbocycles. The summed E-state index contributed by atoms with van der Waals surface area (Å²) in [6, 6.07) is 17.8. The van der Waals surface area contributed by atoms with Gasteiger partial charge in [-0.25, -0.2) is 9.78 Å². The third kappa shape index (κ3) is 7.99. The maximum atomic E-state index is 13.1. The van der Waals surface area contributed by atoms with Gasteiger partial charge in [0.1, 0.15) is 5.15 Å². The van der Waals surface area contributed by atoms with Gasteiger partial charge in [0.05, 0.1) is 24.0 Å². The number of nitrogens with one attached hydrogen (secondary N) is 1. The van der Waals surface area contributed by atoms with Crippen LogP contribution in [0.2, 0.25) is 5.15 Å². The molecule has 1 aromatic heterocycles. The number of carbonyl (C=O) groups is 2. The highest BCUT2D eigenvalue weighted by molar-refractivity contribution is 6.29. The van der Waals surface area contributed by atoms with Crippen molar-refractivity contribution >= 4 is 35.0 Å². The van der Waals surface area contributed by atoms with E-state index in [0.29, 0.717) is 22.9 Å². The Labute approximate surface area is 247 Å². The third-order valence-electron chi connectivity index (χ3n) is 7.70. The van der Waals surface area contributed by atoms with Gasteiger partial charge in [-0.15, -0.1) is 0 Å². The summed E-state index contributed by atoms with van der Waals surface area (Å²) in [6.07, 6.45) is 6.80. The monoisotopic (exact) mass is 577 g/mol. The second-order valence-corrected chi connectivity index (χ2v) is 11.1. The average Bonchev–Trinajstić information content (AvgIpc) is 2.99. The van der Waals surface area contributed by atoms with Crippen LogP contribution in [0.15, 0.2) is 60.8 Å². The van der Waals surface area contributed by atoms with Crippen LogP contribution in [0.4, 0.5) is 16.2 Å². The molecule has 1 aliphatic rings. The van der Waals surface area contributed by atoms with Crippen LogP contribution in [-0.4, -0.2) is 54.7 Å². The van der Waals surface area contributed by atoms with Crippen LogP contribution < -0.4 is 16.0 Å². The first kappa shape index (κ1) is 30.3. The largest absolute Gasteiger partial charge is 0.453 e. The molecule has 1 saturated carbocycles. The normalized spacial score (nSPS) is 16.6. The van der Waals surface area contributed by atoms with Gasteiger partial charge in [-0.1, -0.05) is 49.2 Å². The number of unbranched alkanes of at least 4 members (excludes halogenated alkanes) is 1. The van der Waals surface area contributed by atoms with Gasteiger partial charge in [0.2, 0.25) is 0 Å². The predicted octanol–water partition coefficient (Wildman–Crippen LogP) is 6.73. The van der Waals surface area contributed by atoms with Crippen molar-refractivity contribution in [1.29, 1.82) is 0 Å². The van der Waals surface area contributed by atoms with Crippen LogP contribution in [0, 0.1) is 0 Å². The Kier molecular flexibility index (Phi) is 10.6. The van der Waals surface area contributed by atoms with Crippen LogP contribution in [0.5, 0.6) is 0 Å². The summed E-state index contributed by atoms with van der Waals surface area (Å²) in [5.41, 5.74) is 11.1. The van der Waals surface area contributed by atoms with E-state index in [1.807, 2.05) is 42.3 Å². The maximum absolute atomic E-state index is 13.1. The van der Waals surface area contributed by atoms with Gasteiger partial charge in [0.25, 0.3) is 5.91 Å². The maximum Gasteiger partial charge on any atom is 0.410 e. The number of hydrogen-bond acceptors (Lipinski definition) is 6. The lowest BCUT2D eigenvalue weighted by Crippen LogP contribution is -2.43. The molecule has 1 heterocycles. The van der Waals surface area contributed by atoms with Crippen LogP contribution in [0.3, 0.4) is 0 Å². The number of hydrogen-bond donors (Lipinski definition) is 2. The molecule has 0 saturated heterocycles. The molecule has 0 spiro atoms. The molecule has 3 aromatic rings. The van der Waals surface area contributed by atoms with E-state index in [2.05, 4.69) is 34.3 Å². The molecule has 8 nitrogen and oxygen atoms in total. The fourth-order valence-corrected chi connectivity index (χ4v) is 5.40. The number of aromatic nitrogens is 1. The molecule has 0 unspecified atom stereocenters. The SMILES string of the molecule is CCCCN(C)c1ccc(-c2cccc(CN(C(=O)OC)C3CCC(N)CC3)c2)cc1NC(=O)c1ccc(Cl)nc1. The van der Waals surface area contributed by atoms with Gasteiger partial charge < -0.3 is 25.6 Å². The van der Waals surface area contributed by atoms with E-state index < -0.39 is 0 Å². The van der Waals surface area contributed by atoms with E-state index in [1.165, 1.54) is 13.3 Å². The fourth-order valence-electron chi connectivity index (χ4n) is 5.29. The summed E-state index contributed by atoms with van der Waals surface area (Å²) in [7, 11) is 3.46. The zero-order valence-corrected chi connectivity index (χ0v) is 24.9. The number of rotatable bonds is 10. The summed E-state index contributed by atoms with van der Waals surface area (Å²) in [4.78, 5) is 33.9. The summed E-state index contributed by atoms with van der Waals surface area (Å²) in [6.45, 7) is 3.47. The molecule has 0 bridgehead atoms. The lowest BCUT2D eigenvalue weighted by atomic mass is 9.90. The first-order valence-corrected chi connectivity index (χ1v) is 14.6. The molecule has 3 N–H and O–H groups in total. The lowest BCUT2D eigenvalue weighted by Gasteiger charge is -2.35. The Hall–Kier alpha value is -3.62. The van der Waals surface area contributed by atoms with Gasteiger partial charge in [-0.3, -0.25) is 4.79 Å². The van der Waals surface area contributed by atoms with E-state index in [4.69, 9.17) is 22.1 Å². The molecule has 2 aromatic carbocycles. The van der Waals surface area contributed by atoms with Crippen molar-refractivity contribution in [2.24, 2.45) is 5.73 Å². The number of anilines is 2. The van der Waals surface area contributed by atoms with E-state index in [0.717, 1.165) is 67.4 Å². The van der Waals surface area contributed by atoms with Crippen molar-refractivity contribution in [3.63, 3.8) is 0 Å². The average molecular weight is 578 g/mol. The minimum Gasteiger partial charge on any atom is -0.453 e. The highest BCUT2D eigenvalue weighted by Gasteiger charge is 2.28. The number of amides is 2. The van der Waals surface area contributed by atoms with E-state index in [9.17, 15) is 9.59 Å². The second-order valence-electron chi connectivity index (χ2n) is 10.7. The number of methoxy groups -OCH3 is 1. The summed E-state index contributed by atoms with van der Waals surface area (Å²) in [5, 5.41) is 3.42. The quantitative estimate of drug-likeness (QED) is 0.259. The number of nitrogens with two attached hydrogens (primary N) is 1. The van der Waals surface area contributed by atoms with Gasteiger partial charge >= 0.3 is 6.09 Å². The van der Waals surface area contributed by atoms with Crippen molar-refractivity contribution in [2.75, 3.05) is 30.9 Å². The predicted molar refractivity (Wildman–Crippen MR) is 165 cm³/mol. The number of pyridine rings is 1. The second kappa shape index (κ2) is 14.3. The van der Waals surface area contributed by atoms with E-state index in [-0.39, 0.29) is 24.1 Å². The molecule has 0 atom stereocenters. The minimum atomic E-state index is -0.322. The highest BCUT2D eigenvalue weighted by atomic mass is 35.5. The zero-order chi connectivity index (χ0) is 29.4. The van der Waals surface area contributed by atoms with Crippen molar-refractivity contribution in [1.82, 2.24) is 9.88 Å². The number of benzene rings is 2. The molecule has 9 heteroatoms. The Bertz CT molecular complexity index is 1330. The highest BCUT2D eigenvalue weighted by Crippen LogP contribution is 2.33. The molecule has 1 fully saturated rings. The number of halogens is 1. The van der Waals surface area contributed by atoms with Gasteiger partial charge in [0.15, 0.2) is 0 Å². The fraction of sp³-hybridized carbons (Fsp3) is 0.406. The lowest BCUT2D eigenvalue weighted by molar-refractivity contribution is 0.0879. The van der Waals surface area contributed by atoms with Gasteiger partial charge in [-0.2, -0.15) is 0 Å². The van der Waals surface area contributed by atoms with Crippen molar-refractivity contribution in [3.8, 4) is 11.1 Å². The number of carbonyl (C=O) groups excluding carboxylic acids is 2. The van der Waals surface area contributed by atoms with Gasteiger partial charge in [-0.05, 0) is 79.1 Å². The number of ether oxygens (including phenoxy) is 1. The third-order valence-corrected chi connectivity index (χ3v) is 7.92. The van der Waals surface area contributed by atoms with E-state index in [1.54, 1.807) is 12.1 Å². The molecule has 41 heavy (non-hydrogen) atoms. The van der Waals surface area contributed by atoms with Crippen LogP contribution in [0.25, 0.3) is 11.1 Å². The number of nitrogens with zero attached hydrogens (tertiary/aromatic N) is 3.